The van der Waals surface area contributed by atoms with E-state index in [1.54, 1.807) is 18.4 Å². The van der Waals surface area contributed by atoms with Gasteiger partial charge in [0, 0.05) is 42.5 Å². The van der Waals surface area contributed by atoms with E-state index in [1.807, 2.05) is 29.5 Å². The molecular formula is C14H19N5OS. The van der Waals surface area contributed by atoms with E-state index in [2.05, 4.69) is 33.6 Å². The number of ether oxygens (including phenoxy) is 1. The number of nitrogens with one attached hydrogen (secondary N) is 1. The molecule has 0 aliphatic heterocycles. The van der Waals surface area contributed by atoms with E-state index in [4.69, 9.17) is 4.74 Å². The number of fused-ring (bicyclic) bond motifs is 1. The predicted octanol–water partition coefficient (Wildman–Crippen LogP) is 2.30. The molecule has 6 nitrogen and oxygen atoms in total. The molecule has 0 saturated carbocycles. The molecule has 3 rings (SSSR count). The molecule has 0 fully saturated rings. The van der Waals surface area contributed by atoms with Crippen molar-refractivity contribution in [2.24, 2.45) is 7.05 Å². The van der Waals surface area contributed by atoms with Crippen molar-refractivity contribution in [1.82, 2.24) is 24.5 Å². The van der Waals surface area contributed by atoms with Crippen LogP contribution in [-0.4, -0.2) is 26.3 Å². The Morgan fingerprint density at radius 3 is 2.95 bits per heavy atom. The lowest BCUT2D eigenvalue weighted by Crippen LogP contribution is -2.19. The molecule has 0 radical (unpaired) electrons. The second kappa shape index (κ2) is 5.50. The molecule has 1 atom stereocenters. The Labute approximate surface area is 127 Å². The van der Waals surface area contributed by atoms with Gasteiger partial charge < -0.3 is 10.1 Å². The van der Waals surface area contributed by atoms with Gasteiger partial charge in [0.25, 0.3) is 0 Å². The van der Waals surface area contributed by atoms with Gasteiger partial charge >= 0.3 is 0 Å². The Bertz CT molecular complexity index is 757. The van der Waals surface area contributed by atoms with Crippen LogP contribution in [-0.2, 0) is 13.6 Å². The summed E-state index contributed by atoms with van der Waals surface area (Å²) in [5.74, 6) is 0.685. The first-order valence-electron chi connectivity index (χ1n) is 6.82. The predicted molar refractivity (Wildman–Crippen MR) is 82.8 cm³/mol. The molecule has 3 heterocycles. The molecule has 0 saturated heterocycles. The van der Waals surface area contributed by atoms with Gasteiger partial charge in [-0.05, 0) is 13.8 Å². The molecule has 21 heavy (non-hydrogen) atoms. The average molecular weight is 305 g/mol. The minimum atomic E-state index is 0.215. The average Bonchev–Trinajstić information content (AvgIpc) is 3.13. The smallest absolute Gasteiger partial charge is 0.237 e. The number of hydrogen-bond acceptors (Lipinski definition) is 5. The third-order valence-corrected chi connectivity index (χ3v) is 4.59. The molecule has 3 aromatic heterocycles. The summed E-state index contributed by atoms with van der Waals surface area (Å²) in [5, 5.41) is 9.84. The maximum absolute atomic E-state index is 5.37. The van der Waals surface area contributed by atoms with Gasteiger partial charge in [0.05, 0.1) is 13.3 Å². The van der Waals surface area contributed by atoms with E-state index in [9.17, 15) is 0 Å². The van der Waals surface area contributed by atoms with E-state index in [0.717, 1.165) is 10.7 Å². The SMILES string of the molecule is COc1nc2sccn2c1CNC(C)c1cnn(C)c1C. The molecule has 0 aromatic carbocycles. The minimum absolute atomic E-state index is 0.215. The van der Waals surface area contributed by atoms with Crippen LogP contribution in [0, 0.1) is 6.92 Å². The highest BCUT2D eigenvalue weighted by molar-refractivity contribution is 7.15. The molecule has 1 unspecified atom stereocenters. The number of aromatic nitrogens is 4. The summed E-state index contributed by atoms with van der Waals surface area (Å²) in [4.78, 5) is 5.42. The lowest BCUT2D eigenvalue weighted by atomic mass is 10.1. The maximum Gasteiger partial charge on any atom is 0.237 e. The molecule has 1 N–H and O–H groups in total. The molecule has 0 bridgehead atoms. The Morgan fingerprint density at radius 1 is 1.48 bits per heavy atom. The second-order valence-electron chi connectivity index (χ2n) is 5.03. The van der Waals surface area contributed by atoms with Gasteiger partial charge in [-0.15, -0.1) is 11.3 Å². The van der Waals surface area contributed by atoms with Crippen molar-refractivity contribution < 1.29 is 4.74 Å². The van der Waals surface area contributed by atoms with Gasteiger partial charge in [0.1, 0.15) is 5.69 Å². The first kappa shape index (κ1) is 14.1. The standard InChI is InChI=1S/C14H19N5OS/c1-9(11-7-16-18(3)10(11)2)15-8-12-13(20-4)17-14-19(12)5-6-21-14/h5-7,9,15H,8H2,1-4H3. The lowest BCUT2D eigenvalue weighted by molar-refractivity contribution is 0.391. The third-order valence-electron chi connectivity index (χ3n) is 3.83. The first-order chi connectivity index (χ1) is 10.1. The number of methoxy groups -OCH3 is 1. The van der Waals surface area contributed by atoms with Gasteiger partial charge in [-0.3, -0.25) is 9.08 Å². The van der Waals surface area contributed by atoms with Crippen molar-refractivity contribution in [3.8, 4) is 5.88 Å². The second-order valence-corrected chi connectivity index (χ2v) is 5.91. The van der Waals surface area contributed by atoms with E-state index >= 15 is 0 Å². The maximum atomic E-state index is 5.37. The molecule has 0 aliphatic rings. The molecule has 3 aromatic rings. The quantitative estimate of drug-likeness (QED) is 0.786. The highest BCUT2D eigenvalue weighted by Gasteiger charge is 2.16. The lowest BCUT2D eigenvalue weighted by Gasteiger charge is -2.13. The van der Waals surface area contributed by atoms with E-state index in [-0.39, 0.29) is 6.04 Å². The van der Waals surface area contributed by atoms with Crippen molar-refractivity contribution >= 4 is 16.3 Å². The number of nitrogens with zero attached hydrogens (tertiary/aromatic N) is 4. The van der Waals surface area contributed by atoms with E-state index in [0.29, 0.717) is 12.4 Å². The van der Waals surface area contributed by atoms with Crippen molar-refractivity contribution in [3.63, 3.8) is 0 Å². The molecule has 0 aliphatic carbocycles. The highest BCUT2D eigenvalue weighted by Crippen LogP contribution is 2.24. The minimum Gasteiger partial charge on any atom is -0.480 e. The molecule has 0 amide bonds. The summed E-state index contributed by atoms with van der Waals surface area (Å²) in [6.07, 6.45) is 3.94. The zero-order valence-corrected chi connectivity index (χ0v) is 13.4. The molecule has 0 spiro atoms. The Kier molecular flexibility index (Phi) is 3.69. The molecular weight excluding hydrogens is 286 g/mol. The fourth-order valence-corrected chi connectivity index (χ4v) is 3.16. The Balaban J connectivity index is 1.79. The largest absolute Gasteiger partial charge is 0.480 e. The normalized spacial score (nSPS) is 13.0. The third kappa shape index (κ3) is 2.43. The summed E-state index contributed by atoms with van der Waals surface area (Å²) < 4.78 is 9.33. The van der Waals surface area contributed by atoms with Crippen molar-refractivity contribution in [2.75, 3.05) is 7.11 Å². The van der Waals surface area contributed by atoms with Crippen LogP contribution < -0.4 is 10.1 Å². The molecule has 7 heteroatoms. The zero-order chi connectivity index (χ0) is 15.0. The molecule has 112 valence electrons. The zero-order valence-electron chi connectivity index (χ0n) is 12.6. The summed E-state index contributed by atoms with van der Waals surface area (Å²) in [5.41, 5.74) is 3.43. The first-order valence-corrected chi connectivity index (χ1v) is 7.70. The Hall–Kier alpha value is -1.86. The van der Waals surface area contributed by atoms with Crippen molar-refractivity contribution in [2.45, 2.75) is 26.4 Å². The fourth-order valence-electron chi connectivity index (χ4n) is 2.44. The fraction of sp³-hybridized carbons (Fsp3) is 0.429. The number of rotatable bonds is 5. The van der Waals surface area contributed by atoms with Gasteiger partial charge in [-0.1, -0.05) is 0 Å². The monoisotopic (exact) mass is 305 g/mol. The van der Waals surface area contributed by atoms with Crippen LogP contribution in [0.4, 0.5) is 0 Å². The highest BCUT2D eigenvalue weighted by atomic mass is 32.1. The van der Waals surface area contributed by atoms with Crippen LogP contribution in [0.1, 0.15) is 29.9 Å². The van der Waals surface area contributed by atoms with Crippen LogP contribution in [0.2, 0.25) is 0 Å². The number of hydrogen-bond donors (Lipinski definition) is 1. The Morgan fingerprint density at radius 2 is 2.29 bits per heavy atom. The van der Waals surface area contributed by atoms with E-state index < -0.39 is 0 Å². The topological polar surface area (TPSA) is 56.4 Å². The number of thiazole rings is 1. The summed E-state index contributed by atoms with van der Waals surface area (Å²) in [7, 11) is 3.62. The van der Waals surface area contributed by atoms with Crippen molar-refractivity contribution in [3.05, 3.63) is 34.7 Å². The van der Waals surface area contributed by atoms with Crippen molar-refractivity contribution in [1.29, 1.82) is 0 Å². The van der Waals surface area contributed by atoms with Crippen LogP contribution in [0.25, 0.3) is 4.96 Å². The van der Waals surface area contributed by atoms with Crippen LogP contribution in [0.3, 0.4) is 0 Å². The van der Waals surface area contributed by atoms with Crippen LogP contribution in [0.15, 0.2) is 17.8 Å². The van der Waals surface area contributed by atoms with Gasteiger partial charge in [0.15, 0.2) is 4.96 Å². The van der Waals surface area contributed by atoms with Crippen LogP contribution >= 0.6 is 11.3 Å². The van der Waals surface area contributed by atoms with E-state index in [1.165, 1.54) is 11.3 Å². The number of aryl methyl sites for hydroxylation is 1. The van der Waals surface area contributed by atoms with Gasteiger partial charge in [-0.25, -0.2) is 0 Å². The van der Waals surface area contributed by atoms with Crippen LogP contribution in [0.5, 0.6) is 5.88 Å². The summed E-state index contributed by atoms with van der Waals surface area (Å²) in [6.45, 7) is 4.91. The number of imidazole rings is 1. The van der Waals surface area contributed by atoms with Gasteiger partial charge in [-0.2, -0.15) is 10.1 Å². The van der Waals surface area contributed by atoms with Gasteiger partial charge in [0.2, 0.25) is 5.88 Å². The summed E-state index contributed by atoms with van der Waals surface area (Å²) >= 11 is 1.60. The summed E-state index contributed by atoms with van der Waals surface area (Å²) in [6, 6.07) is 0.215.